The highest BCUT2D eigenvalue weighted by molar-refractivity contribution is 5.94. The normalized spacial score (nSPS) is 19.8. The molecule has 1 N–H and O–H groups in total. The maximum Gasteiger partial charge on any atom is 0.251 e. The van der Waals surface area contributed by atoms with Crippen molar-refractivity contribution in [3.05, 3.63) is 71.3 Å². The Labute approximate surface area is 144 Å². The van der Waals surface area contributed by atoms with E-state index in [2.05, 4.69) is 40.5 Å². The van der Waals surface area contributed by atoms with Gasteiger partial charge in [-0.1, -0.05) is 42.5 Å². The number of hydrogen-bond acceptors (Lipinski definition) is 2. The fraction of sp³-hybridized carbons (Fsp3) is 0.381. The molecule has 24 heavy (non-hydrogen) atoms. The molecule has 1 aliphatic carbocycles. The van der Waals surface area contributed by atoms with Crippen LogP contribution in [0.4, 0.5) is 0 Å². The lowest BCUT2D eigenvalue weighted by atomic mass is 9.70. The van der Waals surface area contributed by atoms with Crippen molar-refractivity contribution in [1.82, 2.24) is 10.2 Å². The van der Waals surface area contributed by atoms with Gasteiger partial charge in [0.05, 0.1) is 0 Å². The van der Waals surface area contributed by atoms with Crippen LogP contribution in [-0.4, -0.2) is 31.4 Å². The van der Waals surface area contributed by atoms with Crippen molar-refractivity contribution in [1.29, 1.82) is 0 Å². The van der Waals surface area contributed by atoms with Gasteiger partial charge in [0.15, 0.2) is 0 Å². The third kappa shape index (κ3) is 4.04. The Kier molecular flexibility index (Phi) is 5.31. The summed E-state index contributed by atoms with van der Waals surface area (Å²) in [5, 5.41) is 3.11. The van der Waals surface area contributed by atoms with Gasteiger partial charge in [0.2, 0.25) is 0 Å². The van der Waals surface area contributed by atoms with E-state index in [1.165, 1.54) is 24.0 Å². The van der Waals surface area contributed by atoms with Crippen molar-refractivity contribution in [2.24, 2.45) is 5.92 Å². The molecule has 0 aliphatic heterocycles. The van der Waals surface area contributed by atoms with Crippen molar-refractivity contribution < 1.29 is 4.79 Å². The number of hydrogen-bond donors (Lipinski definition) is 1. The first-order chi connectivity index (χ1) is 11.6. The van der Waals surface area contributed by atoms with Crippen LogP contribution in [0, 0.1) is 5.92 Å². The quantitative estimate of drug-likeness (QED) is 0.880. The minimum Gasteiger partial charge on any atom is -0.352 e. The maximum atomic E-state index is 12.3. The Morgan fingerprint density at radius 3 is 2.33 bits per heavy atom. The molecule has 0 radical (unpaired) electrons. The van der Waals surface area contributed by atoms with E-state index in [1.54, 1.807) is 0 Å². The van der Waals surface area contributed by atoms with Crippen LogP contribution in [0.5, 0.6) is 0 Å². The number of benzene rings is 2. The van der Waals surface area contributed by atoms with Gasteiger partial charge in [0.1, 0.15) is 0 Å². The molecule has 2 aromatic carbocycles. The molecular formula is C21H26N2O. The fourth-order valence-electron chi connectivity index (χ4n) is 3.40. The SMILES string of the molecule is CN(C)Cc1ccc(C(=O)NCC2CCC2c2ccccc2)cc1. The van der Waals surface area contributed by atoms with Crippen LogP contribution in [0.1, 0.15) is 40.2 Å². The molecule has 1 amide bonds. The average Bonchev–Trinajstić information content (AvgIpc) is 2.55. The zero-order chi connectivity index (χ0) is 16.9. The Morgan fingerprint density at radius 2 is 1.75 bits per heavy atom. The molecule has 126 valence electrons. The molecular weight excluding hydrogens is 296 g/mol. The summed E-state index contributed by atoms with van der Waals surface area (Å²) in [5.74, 6) is 1.18. The first-order valence-corrected chi connectivity index (χ1v) is 8.70. The maximum absolute atomic E-state index is 12.3. The van der Waals surface area contributed by atoms with E-state index in [-0.39, 0.29) is 5.91 Å². The summed E-state index contributed by atoms with van der Waals surface area (Å²) in [7, 11) is 4.09. The summed E-state index contributed by atoms with van der Waals surface area (Å²) < 4.78 is 0. The van der Waals surface area contributed by atoms with Crippen molar-refractivity contribution >= 4 is 5.91 Å². The molecule has 1 fully saturated rings. The lowest BCUT2D eigenvalue weighted by Crippen LogP contribution is -2.36. The van der Waals surface area contributed by atoms with Gasteiger partial charge in [-0.05, 0) is 62.0 Å². The van der Waals surface area contributed by atoms with Crippen LogP contribution in [0.2, 0.25) is 0 Å². The number of carbonyl (C=O) groups excluding carboxylic acids is 1. The third-order valence-electron chi connectivity index (χ3n) is 4.88. The van der Waals surface area contributed by atoms with Gasteiger partial charge in [0.25, 0.3) is 5.91 Å². The second-order valence-corrected chi connectivity index (χ2v) is 7.00. The molecule has 3 heteroatoms. The predicted octanol–water partition coefficient (Wildman–Crippen LogP) is 3.67. The largest absolute Gasteiger partial charge is 0.352 e. The molecule has 3 nitrogen and oxygen atoms in total. The zero-order valence-corrected chi connectivity index (χ0v) is 14.5. The van der Waals surface area contributed by atoms with E-state index >= 15 is 0 Å². The zero-order valence-electron chi connectivity index (χ0n) is 14.5. The summed E-state index contributed by atoms with van der Waals surface area (Å²) in [5.41, 5.74) is 3.36. The second-order valence-electron chi connectivity index (χ2n) is 7.00. The summed E-state index contributed by atoms with van der Waals surface area (Å²) in [6.45, 7) is 1.65. The lowest BCUT2D eigenvalue weighted by Gasteiger charge is -2.37. The molecule has 0 saturated heterocycles. The number of rotatable bonds is 6. The van der Waals surface area contributed by atoms with Crippen molar-refractivity contribution in [2.45, 2.75) is 25.3 Å². The van der Waals surface area contributed by atoms with E-state index in [1.807, 2.05) is 38.4 Å². The number of nitrogens with one attached hydrogen (secondary N) is 1. The van der Waals surface area contributed by atoms with Gasteiger partial charge >= 0.3 is 0 Å². The van der Waals surface area contributed by atoms with Crippen molar-refractivity contribution in [3.8, 4) is 0 Å². The van der Waals surface area contributed by atoms with Crippen LogP contribution in [-0.2, 0) is 6.54 Å². The topological polar surface area (TPSA) is 32.3 Å². The molecule has 0 spiro atoms. The highest BCUT2D eigenvalue weighted by Crippen LogP contribution is 2.41. The molecule has 2 atom stereocenters. The highest BCUT2D eigenvalue weighted by Gasteiger charge is 2.31. The second kappa shape index (κ2) is 7.63. The van der Waals surface area contributed by atoms with Crippen molar-refractivity contribution in [3.63, 3.8) is 0 Å². The minimum atomic E-state index is 0.0325. The van der Waals surface area contributed by atoms with Crippen LogP contribution in [0.15, 0.2) is 54.6 Å². The molecule has 2 aromatic rings. The first-order valence-electron chi connectivity index (χ1n) is 8.70. The van der Waals surface area contributed by atoms with Gasteiger partial charge in [-0.2, -0.15) is 0 Å². The third-order valence-corrected chi connectivity index (χ3v) is 4.88. The molecule has 1 saturated carbocycles. The number of amides is 1. The Hall–Kier alpha value is -2.13. The standard InChI is InChI=1S/C21H26N2O/c1-23(2)15-16-8-10-18(11-9-16)21(24)22-14-19-12-13-20(19)17-6-4-3-5-7-17/h3-11,19-20H,12-15H2,1-2H3,(H,22,24). The van der Waals surface area contributed by atoms with Gasteiger partial charge in [-0.25, -0.2) is 0 Å². The minimum absolute atomic E-state index is 0.0325. The molecule has 1 aliphatic rings. The molecule has 3 rings (SSSR count). The van der Waals surface area contributed by atoms with E-state index in [0.29, 0.717) is 11.8 Å². The van der Waals surface area contributed by atoms with Gasteiger partial charge in [0, 0.05) is 18.7 Å². The summed E-state index contributed by atoms with van der Waals surface area (Å²) >= 11 is 0. The number of carbonyl (C=O) groups is 1. The fourth-order valence-corrected chi connectivity index (χ4v) is 3.40. The van der Waals surface area contributed by atoms with Gasteiger partial charge < -0.3 is 10.2 Å². The van der Waals surface area contributed by atoms with E-state index in [0.717, 1.165) is 18.7 Å². The van der Waals surface area contributed by atoms with Gasteiger partial charge in [-0.15, -0.1) is 0 Å². The molecule has 0 aromatic heterocycles. The molecule has 0 bridgehead atoms. The number of nitrogens with zero attached hydrogens (tertiary/aromatic N) is 1. The summed E-state index contributed by atoms with van der Waals surface area (Å²) in [6.07, 6.45) is 2.42. The summed E-state index contributed by atoms with van der Waals surface area (Å²) in [4.78, 5) is 14.5. The van der Waals surface area contributed by atoms with Crippen molar-refractivity contribution in [2.75, 3.05) is 20.6 Å². The monoisotopic (exact) mass is 322 g/mol. The Bertz CT molecular complexity index is 664. The Morgan fingerprint density at radius 1 is 1.04 bits per heavy atom. The van der Waals surface area contributed by atoms with E-state index in [9.17, 15) is 4.79 Å². The smallest absolute Gasteiger partial charge is 0.251 e. The Balaban J connectivity index is 1.52. The highest BCUT2D eigenvalue weighted by atomic mass is 16.1. The summed E-state index contributed by atoms with van der Waals surface area (Å²) in [6, 6.07) is 18.5. The first kappa shape index (κ1) is 16.7. The molecule has 2 unspecified atom stereocenters. The van der Waals surface area contributed by atoms with Crippen LogP contribution < -0.4 is 5.32 Å². The van der Waals surface area contributed by atoms with E-state index < -0.39 is 0 Å². The van der Waals surface area contributed by atoms with Crippen LogP contribution >= 0.6 is 0 Å². The lowest BCUT2D eigenvalue weighted by molar-refractivity contribution is 0.0933. The van der Waals surface area contributed by atoms with Gasteiger partial charge in [-0.3, -0.25) is 4.79 Å². The van der Waals surface area contributed by atoms with Crippen LogP contribution in [0.3, 0.4) is 0 Å². The van der Waals surface area contributed by atoms with Crippen LogP contribution in [0.25, 0.3) is 0 Å². The molecule has 0 heterocycles. The predicted molar refractivity (Wildman–Crippen MR) is 98.1 cm³/mol. The van der Waals surface area contributed by atoms with E-state index in [4.69, 9.17) is 0 Å². The average molecular weight is 322 g/mol.